The van der Waals surface area contributed by atoms with Crippen molar-refractivity contribution >= 4 is 49.8 Å². The van der Waals surface area contributed by atoms with Gasteiger partial charge in [0.1, 0.15) is 11.2 Å². The molecule has 284 valence electrons. The predicted octanol–water partition coefficient (Wildman–Crippen LogP) is 15.9. The number of anilines is 3. The largest absolute Gasteiger partial charge is 0.456 e. The zero-order valence-electron chi connectivity index (χ0n) is 33.2. The molecule has 0 atom stereocenters. The molecule has 1 aromatic heterocycles. The average molecular weight is 776 g/mol. The van der Waals surface area contributed by atoms with Gasteiger partial charge in [-0.2, -0.15) is 0 Å². The number of fused-ring (bicyclic) bond motifs is 14. The summed E-state index contributed by atoms with van der Waals surface area (Å²) < 4.78 is 6.17. The van der Waals surface area contributed by atoms with Crippen LogP contribution in [0.25, 0.3) is 77.2 Å². The van der Waals surface area contributed by atoms with Crippen LogP contribution >= 0.6 is 0 Å². The normalized spacial score (nSPS) is 13.0. The maximum Gasteiger partial charge on any atom is 0.135 e. The van der Waals surface area contributed by atoms with E-state index in [-0.39, 0.29) is 0 Å². The van der Waals surface area contributed by atoms with Crippen LogP contribution in [0, 0.1) is 0 Å². The van der Waals surface area contributed by atoms with E-state index in [9.17, 15) is 0 Å². The number of rotatable bonds is 5. The lowest BCUT2D eigenvalue weighted by atomic mass is 9.70. The van der Waals surface area contributed by atoms with Crippen LogP contribution in [0.3, 0.4) is 0 Å². The molecule has 61 heavy (non-hydrogen) atoms. The first-order valence-electron chi connectivity index (χ1n) is 21.1. The minimum absolute atomic E-state index is 0.432. The topological polar surface area (TPSA) is 16.4 Å². The summed E-state index contributed by atoms with van der Waals surface area (Å²) in [5.41, 5.74) is 20.0. The van der Waals surface area contributed by atoms with Crippen molar-refractivity contribution in [2.24, 2.45) is 0 Å². The lowest BCUT2D eigenvalue weighted by Crippen LogP contribution is -2.26. The van der Waals surface area contributed by atoms with E-state index >= 15 is 0 Å². The van der Waals surface area contributed by atoms with Crippen molar-refractivity contribution in [1.29, 1.82) is 0 Å². The Morgan fingerprint density at radius 2 is 0.787 bits per heavy atom. The van der Waals surface area contributed by atoms with Gasteiger partial charge in [-0.25, -0.2) is 0 Å². The summed E-state index contributed by atoms with van der Waals surface area (Å²) in [5, 5.41) is 4.77. The fraction of sp³-hybridized carbons (Fsp3) is 0.0169. The summed E-state index contributed by atoms with van der Waals surface area (Å²) in [6, 6.07) is 82.4. The quantitative estimate of drug-likeness (QED) is 0.173. The third-order valence-electron chi connectivity index (χ3n) is 13.3. The molecule has 11 aromatic rings. The Labute approximate surface area is 354 Å². The van der Waals surface area contributed by atoms with Crippen LogP contribution in [0.1, 0.15) is 22.3 Å². The zero-order valence-corrected chi connectivity index (χ0v) is 33.2. The van der Waals surface area contributed by atoms with Gasteiger partial charge in [-0.1, -0.05) is 170 Å². The van der Waals surface area contributed by atoms with Gasteiger partial charge in [-0.3, -0.25) is 0 Å². The van der Waals surface area contributed by atoms with Gasteiger partial charge in [0, 0.05) is 27.8 Å². The van der Waals surface area contributed by atoms with Crippen LogP contribution in [0.2, 0.25) is 0 Å². The molecule has 0 aliphatic heterocycles. The van der Waals surface area contributed by atoms with Crippen molar-refractivity contribution in [2.75, 3.05) is 4.90 Å². The number of nitrogens with zero attached hydrogens (tertiary/aromatic N) is 1. The molecule has 2 aliphatic rings. The monoisotopic (exact) mass is 775 g/mol. The Bertz CT molecular complexity index is 3470. The molecule has 1 spiro atoms. The second kappa shape index (κ2) is 13.0. The van der Waals surface area contributed by atoms with Gasteiger partial charge in [-0.15, -0.1) is 0 Å². The fourth-order valence-corrected chi connectivity index (χ4v) is 10.6. The van der Waals surface area contributed by atoms with E-state index in [2.05, 4.69) is 217 Å². The molecule has 0 amide bonds. The summed E-state index contributed by atoms with van der Waals surface area (Å²) in [5.74, 6) is 0. The lowest BCUT2D eigenvalue weighted by Gasteiger charge is -2.32. The predicted molar refractivity (Wildman–Crippen MR) is 253 cm³/mol. The maximum absolute atomic E-state index is 6.17. The van der Waals surface area contributed by atoms with Crippen molar-refractivity contribution in [1.82, 2.24) is 0 Å². The van der Waals surface area contributed by atoms with Gasteiger partial charge in [0.25, 0.3) is 0 Å². The highest BCUT2D eigenvalue weighted by Crippen LogP contribution is 2.63. The van der Waals surface area contributed by atoms with Crippen molar-refractivity contribution in [3.63, 3.8) is 0 Å². The molecule has 0 saturated heterocycles. The molecule has 13 rings (SSSR count). The third kappa shape index (κ3) is 4.91. The molecule has 2 heteroatoms. The number of hydrogen-bond donors (Lipinski definition) is 0. The average Bonchev–Trinajstić information content (AvgIpc) is 3.96. The van der Waals surface area contributed by atoms with E-state index in [0.717, 1.165) is 50.1 Å². The van der Waals surface area contributed by atoms with E-state index in [1.165, 1.54) is 66.4 Å². The third-order valence-corrected chi connectivity index (χ3v) is 13.3. The van der Waals surface area contributed by atoms with E-state index < -0.39 is 5.41 Å². The van der Waals surface area contributed by atoms with E-state index in [1.807, 2.05) is 12.1 Å². The summed E-state index contributed by atoms with van der Waals surface area (Å²) in [4.78, 5) is 2.42. The SMILES string of the molecule is c1ccc2c(c1)-c1ccccc1C21c2ccccc2-c2ccc(N(c3ccc(-c4ccc5oc6ccccc6c5c4)cc3)c3ccc(-c4cccc5ccccc45)cc3)cc21. The van der Waals surface area contributed by atoms with E-state index in [4.69, 9.17) is 4.42 Å². The fourth-order valence-electron chi connectivity index (χ4n) is 10.6. The summed E-state index contributed by atoms with van der Waals surface area (Å²) >= 11 is 0. The Kier molecular flexibility index (Phi) is 7.26. The van der Waals surface area contributed by atoms with Crippen LogP contribution in [0.5, 0.6) is 0 Å². The van der Waals surface area contributed by atoms with Gasteiger partial charge in [0.05, 0.1) is 5.41 Å². The molecule has 2 aliphatic carbocycles. The zero-order chi connectivity index (χ0) is 40.1. The van der Waals surface area contributed by atoms with Crippen LogP contribution in [0.4, 0.5) is 17.1 Å². The van der Waals surface area contributed by atoms with Crippen molar-refractivity contribution in [2.45, 2.75) is 5.41 Å². The van der Waals surface area contributed by atoms with Crippen molar-refractivity contribution < 1.29 is 4.42 Å². The highest BCUT2D eigenvalue weighted by Gasteiger charge is 2.51. The lowest BCUT2D eigenvalue weighted by molar-refractivity contribution is 0.669. The highest BCUT2D eigenvalue weighted by atomic mass is 16.3. The molecule has 0 unspecified atom stereocenters. The second-order valence-electron chi connectivity index (χ2n) is 16.4. The Hall–Kier alpha value is -7.94. The van der Waals surface area contributed by atoms with Crippen LogP contribution in [-0.4, -0.2) is 0 Å². The molecule has 1 heterocycles. The summed E-state index contributed by atoms with van der Waals surface area (Å²) in [7, 11) is 0. The van der Waals surface area contributed by atoms with Gasteiger partial charge in [0.15, 0.2) is 0 Å². The van der Waals surface area contributed by atoms with Gasteiger partial charge in [0.2, 0.25) is 0 Å². The first-order chi connectivity index (χ1) is 30.2. The van der Waals surface area contributed by atoms with E-state index in [1.54, 1.807) is 0 Å². The molecule has 0 saturated carbocycles. The van der Waals surface area contributed by atoms with Crippen LogP contribution < -0.4 is 4.90 Å². The molecular weight excluding hydrogens is 739 g/mol. The summed E-state index contributed by atoms with van der Waals surface area (Å²) in [6.07, 6.45) is 0. The first-order valence-corrected chi connectivity index (χ1v) is 21.1. The first kappa shape index (κ1) is 34.0. The number of benzene rings is 10. The molecule has 10 aromatic carbocycles. The second-order valence-corrected chi connectivity index (χ2v) is 16.4. The van der Waals surface area contributed by atoms with Gasteiger partial charge < -0.3 is 9.32 Å². The Morgan fingerprint density at radius 3 is 1.48 bits per heavy atom. The molecule has 0 fully saturated rings. The van der Waals surface area contributed by atoms with Gasteiger partial charge in [-0.05, 0) is 132 Å². The molecule has 0 N–H and O–H groups in total. The van der Waals surface area contributed by atoms with Crippen molar-refractivity contribution in [3.05, 3.63) is 247 Å². The van der Waals surface area contributed by atoms with Crippen molar-refractivity contribution in [3.8, 4) is 44.5 Å². The number of hydrogen-bond acceptors (Lipinski definition) is 2. The smallest absolute Gasteiger partial charge is 0.135 e. The minimum atomic E-state index is -0.432. The molecule has 2 nitrogen and oxygen atoms in total. The minimum Gasteiger partial charge on any atom is -0.456 e. The van der Waals surface area contributed by atoms with Crippen LogP contribution in [-0.2, 0) is 5.41 Å². The van der Waals surface area contributed by atoms with Crippen LogP contribution in [0.15, 0.2) is 229 Å². The molecule has 0 radical (unpaired) electrons. The molecule has 0 bridgehead atoms. The number of furan rings is 1. The highest BCUT2D eigenvalue weighted by molar-refractivity contribution is 6.06. The Morgan fingerprint density at radius 1 is 0.295 bits per heavy atom. The Balaban J connectivity index is 0.988. The summed E-state index contributed by atoms with van der Waals surface area (Å²) in [6.45, 7) is 0. The van der Waals surface area contributed by atoms with E-state index in [0.29, 0.717) is 0 Å². The van der Waals surface area contributed by atoms with Gasteiger partial charge >= 0.3 is 0 Å². The standard InChI is InChI=1S/C59H37NO/c1-2-14-45-39(12-1)13-11-19-46(45)40-26-31-43(32-27-40)60(42-29-24-38(25-30-42)41-28-35-58-52(36-41)51-18-6-10-23-57(51)61-58)44-33-34-50-49-17-5-9-22-55(49)59(56(50)37-44)53-20-7-3-15-47(53)48-16-4-8-21-54(48)59/h1-37H. The number of para-hydroxylation sites is 1. The maximum atomic E-state index is 6.17. The molecular formula is C59H37NO.